The number of aromatic nitrogens is 2. The molecule has 1 saturated heterocycles. The molecule has 18 heavy (non-hydrogen) atoms. The minimum Gasteiger partial charge on any atom is -0.473 e. The van der Waals surface area contributed by atoms with Gasteiger partial charge < -0.3 is 15.2 Å². The van der Waals surface area contributed by atoms with Gasteiger partial charge in [0.05, 0.1) is 12.4 Å². The monoisotopic (exact) mass is 247 g/mol. The average Bonchev–Trinajstić information content (AvgIpc) is 2.38. The first-order valence-electron chi connectivity index (χ1n) is 5.68. The highest BCUT2D eigenvalue weighted by Crippen LogP contribution is 2.12. The van der Waals surface area contributed by atoms with Crippen LogP contribution in [0.4, 0.5) is 0 Å². The van der Waals surface area contributed by atoms with E-state index < -0.39 is 5.97 Å². The molecule has 0 aromatic carbocycles. The highest BCUT2D eigenvalue weighted by atomic mass is 16.5. The first kappa shape index (κ1) is 12.3. The van der Waals surface area contributed by atoms with Gasteiger partial charge in [0.2, 0.25) is 5.88 Å². The molecule has 0 bridgehead atoms. The standard InChI is InChI=1S/C12H13N3O3/c16-12(17)2-1-9-7-14-8-11(15-9)18-10-3-5-13-6-4-10/h7-8,10,13H,3-6H2,(H,16,17). The summed E-state index contributed by atoms with van der Waals surface area (Å²) in [6.45, 7) is 1.85. The van der Waals surface area contributed by atoms with E-state index in [-0.39, 0.29) is 6.10 Å². The summed E-state index contributed by atoms with van der Waals surface area (Å²) < 4.78 is 5.67. The minimum absolute atomic E-state index is 0.128. The molecule has 0 aliphatic carbocycles. The maximum atomic E-state index is 10.3. The van der Waals surface area contributed by atoms with Crippen LogP contribution in [0.1, 0.15) is 18.5 Å². The molecule has 2 N–H and O–H groups in total. The normalized spacial score (nSPS) is 15.6. The number of carbonyl (C=O) groups is 1. The summed E-state index contributed by atoms with van der Waals surface area (Å²) >= 11 is 0. The lowest BCUT2D eigenvalue weighted by Crippen LogP contribution is -2.34. The number of nitrogens with zero attached hydrogens (tertiary/aromatic N) is 2. The Kier molecular flexibility index (Phi) is 4.10. The van der Waals surface area contributed by atoms with E-state index in [9.17, 15) is 4.79 Å². The summed E-state index contributed by atoms with van der Waals surface area (Å²) in [5, 5.41) is 11.7. The number of piperidine rings is 1. The lowest BCUT2D eigenvalue weighted by Gasteiger charge is -2.22. The zero-order valence-electron chi connectivity index (χ0n) is 9.72. The number of hydrogen-bond donors (Lipinski definition) is 2. The van der Waals surface area contributed by atoms with Crippen LogP contribution in [0, 0.1) is 11.8 Å². The predicted octanol–water partition coefficient (Wildman–Crippen LogP) is 0.0435. The van der Waals surface area contributed by atoms with E-state index in [0.717, 1.165) is 25.9 Å². The second kappa shape index (κ2) is 5.98. The van der Waals surface area contributed by atoms with Crippen molar-refractivity contribution in [1.29, 1.82) is 0 Å². The van der Waals surface area contributed by atoms with Crippen molar-refractivity contribution in [3.05, 3.63) is 18.1 Å². The molecule has 94 valence electrons. The van der Waals surface area contributed by atoms with E-state index in [4.69, 9.17) is 9.84 Å². The molecular weight excluding hydrogens is 234 g/mol. The van der Waals surface area contributed by atoms with Gasteiger partial charge in [-0.15, -0.1) is 0 Å². The molecule has 2 rings (SSSR count). The van der Waals surface area contributed by atoms with Gasteiger partial charge in [0.1, 0.15) is 11.8 Å². The SMILES string of the molecule is O=C(O)C#Cc1cncc(OC2CCNCC2)n1. The molecule has 1 fully saturated rings. The molecule has 0 spiro atoms. The van der Waals surface area contributed by atoms with Gasteiger partial charge in [-0.05, 0) is 31.9 Å². The molecule has 1 aliphatic heterocycles. The highest BCUT2D eigenvalue weighted by Gasteiger charge is 2.15. The second-order valence-electron chi connectivity index (χ2n) is 3.86. The molecular formula is C12H13N3O3. The third-order valence-corrected chi connectivity index (χ3v) is 2.48. The number of carboxylic acid groups (broad SMARTS) is 1. The lowest BCUT2D eigenvalue weighted by atomic mass is 10.1. The van der Waals surface area contributed by atoms with E-state index in [1.807, 2.05) is 5.92 Å². The minimum atomic E-state index is -1.19. The van der Waals surface area contributed by atoms with Crippen molar-refractivity contribution in [3.63, 3.8) is 0 Å². The van der Waals surface area contributed by atoms with Crippen molar-refractivity contribution < 1.29 is 14.6 Å². The Morgan fingerprint density at radius 3 is 2.94 bits per heavy atom. The molecule has 2 heterocycles. The maximum absolute atomic E-state index is 10.3. The number of rotatable bonds is 2. The zero-order valence-corrected chi connectivity index (χ0v) is 9.72. The van der Waals surface area contributed by atoms with Gasteiger partial charge in [-0.25, -0.2) is 9.78 Å². The first-order chi connectivity index (χ1) is 8.74. The van der Waals surface area contributed by atoms with Gasteiger partial charge >= 0.3 is 5.97 Å². The molecule has 6 nitrogen and oxygen atoms in total. The second-order valence-corrected chi connectivity index (χ2v) is 3.86. The predicted molar refractivity (Wildman–Crippen MR) is 63.1 cm³/mol. The first-order valence-corrected chi connectivity index (χ1v) is 5.68. The third kappa shape index (κ3) is 3.71. The molecule has 1 aromatic rings. The van der Waals surface area contributed by atoms with Crippen LogP contribution in [0.2, 0.25) is 0 Å². The van der Waals surface area contributed by atoms with Crippen LogP contribution >= 0.6 is 0 Å². The summed E-state index contributed by atoms with van der Waals surface area (Å²) in [6.07, 6.45) is 4.89. The number of hydrogen-bond acceptors (Lipinski definition) is 5. The van der Waals surface area contributed by atoms with E-state index in [0.29, 0.717) is 11.6 Å². The Labute approximate surface area is 104 Å². The van der Waals surface area contributed by atoms with E-state index in [2.05, 4.69) is 21.2 Å². The summed E-state index contributed by atoms with van der Waals surface area (Å²) in [7, 11) is 0. The average molecular weight is 247 g/mol. The van der Waals surface area contributed by atoms with Crippen LogP contribution in [-0.2, 0) is 4.79 Å². The fourth-order valence-corrected chi connectivity index (χ4v) is 1.67. The summed E-state index contributed by atoms with van der Waals surface area (Å²) in [5.41, 5.74) is 0.295. The Morgan fingerprint density at radius 1 is 1.44 bits per heavy atom. The Hall–Kier alpha value is -2.13. The van der Waals surface area contributed by atoms with Crippen LogP contribution in [0.5, 0.6) is 5.88 Å². The maximum Gasteiger partial charge on any atom is 0.382 e. The zero-order chi connectivity index (χ0) is 12.8. The summed E-state index contributed by atoms with van der Waals surface area (Å²) in [6, 6.07) is 0. The third-order valence-electron chi connectivity index (χ3n) is 2.48. The highest BCUT2D eigenvalue weighted by molar-refractivity contribution is 5.87. The van der Waals surface area contributed by atoms with Crippen molar-refractivity contribution in [3.8, 4) is 17.7 Å². The van der Waals surface area contributed by atoms with Gasteiger partial charge in [0, 0.05) is 5.92 Å². The number of aliphatic carboxylic acids is 1. The van der Waals surface area contributed by atoms with E-state index in [1.54, 1.807) is 0 Å². The number of nitrogens with one attached hydrogen (secondary N) is 1. The van der Waals surface area contributed by atoms with Crippen molar-refractivity contribution >= 4 is 5.97 Å². The Morgan fingerprint density at radius 2 is 2.22 bits per heavy atom. The van der Waals surface area contributed by atoms with Gasteiger partial charge in [0.15, 0.2) is 0 Å². The van der Waals surface area contributed by atoms with Gasteiger partial charge in [-0.2, -0.15) is 0 Å². The van der Waals surface area contributed by atoms with Gasteiger partial charge in [-0.3, -0.25) is 4.98 Å². The fourth-order valence-electron chi connectivity index (χ4n) is 1.67. The fraction of sp³-hybridized carbons (Fsp3) is 0.417. The quantitative estimate of drug-likeness (QED) is 0.718. The van der Waals surface area contributed by atoms with Crippen molar-refractivity contribution in [2.24, 2.45) is 0 Å². The van der Waals surface area contributed by atoms with Crippen molar-refractivity contribution in [1.82, 2.24) is 15.3 Å². The molecule has 0 amide bonds. The van der Waals surface area contributed by atoms with Crippen LogP contribution < -0.4 is 10.1 Å². The van der Waals surface area contributed by atoms with Gasteiger partial charge in [0.25, 0.3) is 0 Å². The van der Waals surface area contributed by atoms with Crippen LogP contribution in [-0.4, -0.2) is 40.2 Å². The lowest BCUT2D eigenvalue weighted by molar-refractivity contribution is -0.130. The molecule has 6 heteroatoms. The topological polar surface area (TPSA) is 84.3 Å². The molecule has 0 saturated carbocycles. The molecule has 1 aromatic heterocycles. The molecule has 0 atom stereocenters. The van der Waals surface area contributed by atoms with Crippen LogP contribution in [0.15, 0.2) is 12.4 Å². The Balaban J connectivity index is 2.03. The summed E-state index contributed by atoms with van der Waals surface area (Å²) in [5.74, 6) is 3.59. The number of carboxylic acids is 1. The van der Waals surface area contributed by atoms with Crippen LogP contribution in [0.3, 0.4) is 0 Å². The van der Waals surface area contributed by atoms with Gasteiger partial charge in [-0.1, -0.05) is 0 Å². The van der Waals surface area contributed by atoms with E-state index >= 15 is 0 Å². The van der Waals surface area contributed by atoms with Crippen molar-refractivity contribution in [2.75, 3.05) is 13.1 Å². The smallest absolute Gasteiger partial charge is 0.382 e. The molecule has 1 aliphatic rings. The number of ether oxygens (including phenoxy) is 1. The molecule has 0 radical (unpaired) electrons. The van der Waals surface area contributed by atoms with Crippen LogP contribution in [0.25, 0.3) is 0 Å². The summed E-state index contributed by atoms with van der Waals surface area (Å²) in [4.78, 5) is 18.3. The largest absolute Gasteiger partial charge is 0.473 e. The Bertz CT molecular complexity index is 487. The van der Waals surface area contributed by atoms with Crippen molar-refractivity contribution in [2.45, 2.75) is 18.9 Å². The molecule has 0 unspecified atom stereocenters. The van der Waals surface area contributed by atoms with E-state index in [1.165, 1.54) is 12.4 Å².